The van der Waals surface area contributed by atoms with E-state index in [0.717, 1.165) is 31.6 Å². The van der Waals surface area contributed by atoms with Crippen molar-refractivity contribution < 1.29 is 14.3 Å². The molecule has 2 fully saturated rings. The number of rotatable bonds is 7. The maximum Gasteiger partial charge on any atom is 0.230 e. The summed E-state index contributed by atoms with van der Waals surface area (Å²) in [5, 5.41) is 0. The highest BCUT2D eigenvalue weighted by molar-refractivity contribution is 5.87. The molecule has 0 N–H and O–H groups in total. The van der Waals surface area contributed by atoms with E-state index in [1.54, 1.807) is 13.3 Å². The summed E-state index contributed by atoms with van der Waals surface area (Å²) in [5.74, 6) is 1.34. The summed E-state index contributed by atoms with van der Waals surface area (Å²) in [6, 6.07) is 0. The first kappa shape index (κ1) is 17.9. The van der Waals surface area contributed by atoms with Crippen molar-refractivity contribution in [2.45, 2.75) is 39.2 Å². The molecular formula is C18H28N4O3. The fourth-order valence-electron chi connectivity index (χ4n) is 4.00. The van der Waals surface area contributed by atoms with Crippen molar-refractivity contribution in [3.8, 4) is 0 Å². The first-order valence-corrected chi connectivity index (χ1v) is 9.16. The molecule has 1 aromatic heterocycles. The van der Waals surface area contributed by atoms with Gasteiger partial charge in [0.1, 0.15) is 5.82 Å². The molecule has 7 nitrogen and oxygen atoms in total. The lowest BCUT2D eigenvalue weighted by Crippen LogP contribution is -2.39. The molecule has 0 aliphatic carbocycles. The van der Waals surface area contributed by atoms with Crippen LogP contribution in [0.3, 0.4) is 0 Å². The van der Waals surface area contributed by atoms with Gasteiger partial charge in [-0.1, -0.05) is 6.92 Å². The molecule has 0 aromatic carbocycles. The van der Waals surface area contributed by atoms with E-state index in [2.05, 4.69) is 11.9 Å². The van der Waals surface area contributed by atoms with Crippen molar-refractivity contribution in [1.29, 1.82) is 0 Å². The Morgan fingerprint density at radius 3 is 2.88 bits per heavy atom. The maximum absolute atomic E-state index is 12.8. The summed E-state index contributed by atoms with van der Waals surface area (Å²) in [6.07, 6.45) is 6.65. The molecule has 1 unspecified atom stereocenters. The quantitative estimate of drug-likeness (QED) is 0.735. The van der Waals surface area contributed by atoms with Gasteiger partial charge in [0, 0.05) is 65.1 Å². The topological polar surface area (TPSA) is 67.7 Å². The lowest BCUT2D eigenvalue weighted by molar-refractivity contribution is -0.137. The zero-order valence-corrected chi connectivity index (χ0v) is 15.2. The van der Waals surface area contributed by atoms with Crippen molar-refractivity contribution in [3.05, 3.63) is 18.2 Å². The van der Waals surface area contributed by atoms with Gasteiger partial charge in [0.25, 0.3) is 0 Å². The molecule has 1 spiro atoms. The van der Waals surface area contributed by atoms with Crippen LogP contribution in [0.4, 0.5) is 0 Å². The molecule has 2 aliphatic rings. The molecule has 138 valence electrons. The molecule has 3 rings (SSSR count). The predicted octanol–water partition coefficient (Wildman–Crippen LogP) is 0.933. The highest BCUT2D eigenvalue weighted by Gasteiger charge is 2.51. The van der Waals surface area contributed by atoms with E-state index in [1.807, 2.05) is 20.6 Å². The molecule has 0 radical (unpaired) electrons. The van der Waals surface area contributed by atoms with Crippen LogP contribution in [-0.4, -0.2) is 71.1 Å². The summed E-state index contributed by atoms with van der Waals surface area (Å²) in [4.78, 5) is 33.4. The van der Waals surface area contributed by atoms with Crippen LogP contribution in [0.25, 0.3) is 0 Å². The van der Waals surface area contributed by atoms with Crippen LogP contribution in [0, 0.1) is 5.41 Å². The average molecular weight is 348 g/mol. The van der Waals surface area contributed by atoms with E-state index in [-0.39, 0.29) is 17.2 Å². The number of likely N-dealkylation sites (tertiary alicyclic amines) is 2. The number of hydrogen-bond acceptors (Lipinski definition) is 4. The zero-order valence-electron chi connectivity index (χ0n) is 15.2. The first-order valence-electron chi connectivity index (χ1n) is 9.16. The number of nitrogens with zero attached hydrogens (tertiary/aromatic N) is 4. The maximum atomic E-state index is 12.8. The summed E-state index contributed by atoms with van der Waals surface area (Å²) in [6.45, 7) is 5.96. The molecule has 2 saturated heterocycles. The van der Waals surface area contributed by atoms with Gasteiger partial charge in [-0.25, -0.2) is 4.98 Å². The monoisotopic (exact) mass is 348 g/mol. The average Bonchev–Trinajstić information content (AvgIpc) is 3.33. The smallest absolute Gasteiger partial charge is 0.230 e. The summed E-state index contributed by atoms with van der Waals surface area (Å²) >= 11 is 0. The SMILES string of the molecule is CCc1nccn1CCC(=O)N1CCC2(CCN(CCOC)C2=O)C1. The molecular weight excluding hydrogens is 320 g/mol. The van der Waals surface area contributed by atoms with Crippen molar-refractivity contribution in [2.75, 3.05) is 39.9 Å². The van der Waals surface area contributed by atoms with Crippen molar-refractivity contribution in [3.63, 3.8) is 0 Å². The lowest BCUT2D eigenvalue weighted by atomic mass is 9.85. The molecule has 0 bridgehead atoms. The summed E-state index contributed by atoms with van der Waals surface area (Å²) < 4.78 is 7.12. The fourth-order valence-corrected chi connectivity index (χ4v) is 4.00. The van der Waals surface area contributed by atoms with Gasteiger partial charge in [0.05, 0.1) is 12.0 Å². The Bertz CT molecular complexity index is 630. The van der Waals surface area contributed by atoms with Crippen molar-refractivity contribution in [1.82, 2.24) is 19.4 Å². The minimum atomic E-state index is -0.354. The second-order valence-corrected chi connectivity index (χ2v) is 7.02. The van der Waals surface area contributed by atoms with Crippen LogP contribution in [0.15, 0.2) is 12.4 Å². The number of hydrogen-bond donors (Lipinski definition) is 0. The van der Waals surface area contributed by atoms with Gasteiger partial charge in [-0.05, 0) is 12.8 Å². The predicted molar refractivity (Wildman–Crippen MR) is 92.9 cm³/mol. The number of carbonyl (C=O) groups is 2. The normalized spacial score (nSPS) is 23.2. The van der Waals surface area contributed by atoms with E-state index >= 15 is 0 Å². The van der Waals surface area contributed by atoms with E-state index < -0.39 is 0 Å². The van der Waals surface area contributed by atoms with Gasteiger partial charge in [-0.3, -0.25) is 9.59 Å². The summed E-state index contributed by atoms with van der Waals surface area (Å²) in [7, 11) is 1.65. The Hall–Kier alpha value is -1.89. The molecule has 3 heterocycles. The van der Waals surface area contributed by atoms with E-state index in [9.17, 15) is 9.59 Å². The standard InChI is InChI=1S/C18H28N4O3/c1-3-15-19-7-11-20(15)8-4-16(23)22-10-6-18(14-22)5-9-21(17(18)24)12-13-25-2/h7,11H,3-6,8-10,12-14H2,1-2H3. The summed E-state index contributed by atoms with van der Waals surface area (Å²) in [5.41, 5.74) is -0.354. The molecule has 1 atom stereocenters. The van der Waals surface area contributed by atoms with Gasteiger partial charge >= 0.3 is 0 Å². The van der Waals surface area contributed by atoms with Crippen LogP contribution < -0.4 is 0 Å². The van der Waals surface area contributed by atoms with Gasteiger partial charge < -0.3 is 19.1 Å². The number of aromatic nitrogens is 2. The fraction of sp³-hybridized carbons (Fsp3) is 0.722. The number of imidazole rings is 1. The van der Waals surface area contributed by atoms with E-state index in [4.69, 9.17) is 4.74 Å². The van der Waals surface area contributed by atoms with Crippen molar-refractivity contribution >= 4 is 11.8 Å². The molecule has 0 saturated carbocycles. The highest BCUT2D eigenvalue weighted by atomic mass is 16.5. The van der Waals surface area contributed by atoms with E-state index in [0.29, 0.717) is 39.2 Å². The largest absolute Gasteiger partial charge is 0.383 e. The van der Waals surface area contributed by atoms with Crippen molar-refractivity contribution in [2.24, 2.45) is 5.41 Å². The van der Waals surface area contributed by atoms with Crippen LogP contribution in [0.1, 0.15) is 32.0 Å². The second kappa shape index (κ2) is 7.56. The number of methoxy groups -OCH3 is 1. The Kier molecular flexibility index (Phi) is 5.42. The van der Waals surface area contributed by atoms with Crippen LogP contribution >= 0.6 is 0 Å². The third-order valence-corrected chi connectivity index (χ3v) is 5.56. The molecule has 7 heteroatoms. The first-order chi connectivity index (χ1) is 12.1. The molecule has 1 aromatic rings. The van der Waals surface area contributed by atoms with Crippen LogP contribution in [0.2, 0.25) is 0 Å². The molecule has 2 amide bonds. The number of amides is 2. The number of ether oxygens (including phenoxy) is 1. The van der Waals surface area contributed by atoms with Gasteiger partial charge in [-0.15, -0.1) is 0 Å². The Morgan fingerprint density at radius 1 is 1.32 bits per heavy atom. The van der Waals surface area contributed by atoms with Crippen LogP contribution in [0.5, 0.6) is 0 Å². The molecule has 25 heavy (non-hydrogen) atoms. The third kappa shape index (κ3) is 3.56. The highest BCUT2D eigenvalue weighted by Crippen LogP contribution is 2.40. The van der Waals surface area contributed by atoms with Crippen LogP contribution in [-0.2, 0) is 27.3 Å². The Balaban J connectivity index is 1.54. The van der Waals surface area contributed by atoms with Gasteiger partial charge in [-0.2, -0.15) is 0 Å². The Morgan fingerprint density at radius 2 is 2.12 bits per heavy atom. The van der Waals surface area contributed by atoms with Gasteiger partial charge in [0.2, 0.25) is 11.8 Å². The number of aryl methyl sites for hydroxylation is 2. The minimum Gasteiger partial charge on any atom is -0.383 e. The minimum absolute atomic E-state index is 0.135. The Labute approximate surface area is 148 Å². The lowest BCUT2D eigenvalue weighted by Gasteiger charge is -2.23. The number of carbonyl (C=O) groups excluding carboxylic acids is 2. The van der Waals surface area contributed by atoms with E-state index in [1.165, 1.54) is 0 Å². The van der Waals surface area contributed by atoms with Gasteiger partial charge in [0.15, 0.2) is 0 Å². The second-order valence-electron chi connectivity index (χ2n) is 7.02. The zero-order chi connectivity index (χ0) is 17.9. The molecule has 2 aliphatic heterocycles. The third-order valence-electron chi connectivity index (χ3n) is 5.56.